The van der Waals surface area contributed by atoms with Gasteiger partial charge in [0.1, 0.15) is 40.1 Å². The third-order valence-corrected chi connectivity index (χ3v) is 7.13. The molecule has 44 heavy (non-hydrogen) atoms. The van der Waals surface area contributed by atoms with Crippen LogP contribution < -0.4 is 25.4 Å². The molecule has 1 saturated heterocycles. The molecule has 4 amide bonds. The highest BCUT2D eigenvalue weighted by Gasteiger charge is 2.39. The minimum Gasteiger partial charge on any atom is -0.497 e. The number of aromatic nitrogens is 2. The molecule has 11 nitrogen and oxygen atoms in total. The van der Waals surface area contributed by atoms with Crippen LogP contribution in [0.25, 0.3) is 11.4 Å². The molecule has 0 saturated carbocycles. The Kier molecular flexibility index (Phi) is 8.12. The summed E-state index contributed by atoms with van der Waals surface area (Å²) in [7, 11) is 3.04. The van der Waals surface area contributed by atoms with Gasteiger partial charge in [-0.15, -0.1) is 0 Å². The number of benzene rings is 2. The first-order chi connectivity index (χ1) is 21.1. The molecule has 226 valence electrons. The zero-order chi connectivity index (χ0) is 31.6. The SMILES string of the molecule is C=C/C(=C\C=C\[C@]1(C)NC(=O)NC1=O)Nc1nc(-c2c(F)cccc2F)nc2c1C(=O)N(Cc1ccc(OC)cc1OC)C2. The largest absolute Gasteiger partial charge is 0.497 e. The Morgan fingerprint density at radius 3 is 2.50 bits per heavy atom. The van der Waals surface area contributed by atoms with Crippen molar-refractivity contribution in [2.24, 2.45) is 0 Å². The fourth-order valence-electron chi connectivity index (χ4n) is 4.80. The second kappa shape index (κ2) is 12.0. The van der Waals surface area contributed by atoms with E-state index in [0.29, 0.717) is 22.8 Å². The van der Waals surface area contributed by atoms with Crippen LogP contribution in [0, 0.1) is 11.6 Å². The van der Waals surface area contributed by atoms with Crippen LogP contribution in [-0.2, 0) is 17.9 Å². The summed E-state index contributed by atoms with van der Waals surface area (Å²) in [6.07, 6.45) is 5.95. The zero-order valence-corrected chi connectivity index (χ0v) is 24.0. The Labute approximate surface area is 251 Å². The van der Waals surface area contributed by atoms with Crippen LogP contribution in [-0.4, -0.2) is 52.5 Å². The van der Waals surface area contributed by atoms with Gasteiger partial charge in [-0.05, 0) is 49.4 Å². The number of fused-ring (bicyclic) bond motifs is 1. The molecule has 1 aromatic heterocycles. The molecule has 0 spiro atoms. The zero-order valence-electron chi connectivity index (χ0n) is 24.0. The van der Waals surface area contributed by atoms with Gasteiger partial charge < -0.3 is 25.0 Å². The number of carbonyl (C=O) groups excluding carboxylic acids is 3. The fraction of sp³-hybridized carbons (Fsp3) is 0.194. The highest BCUT2D eigenvalue weighted by Crippen LogP contribution is 2.34. The molecule has 3 N–H and O–H groups in total. The smallest absolute Gasteiger partial charge is 0.322 e. The highest BCUT2D eigenvalue weighted by atomic mass is 19.1. The second-order valence-corrected chi connectivity index (χ2v) is 10.1. The number of imide groups is 1. The predicted molar refractivity (Wildman–Crippen MR) is 157 cm³/mol. The number of ether oxygens (including phenoxy) is 2. The lowest BCUT2D eigenvalue weighted by Gasteiger charge is -2.18. The van der Waals surface area contributed by atoms with Gasteiger partial charge in [-0.25, -0.2) is 23.5 Å². The van der Waals surface area contributed by atoms with Gasteiger partial charge in [-0.1, -0.05) is 18.7 Å². The number of urea groups is 1. The fourth-order valence-corrected chi connectivity index (χ4v) is 4.80. The van der Waals surface area contributed by atoms with Gasteiger partial charge in [0.15, 0.2) is 5.82 Å². The Bertz CT molecular complexity index is 1740. The van der Waals surface area contributed by atoms with Crippen molar-refractivity contribution in [2.75, 3.05) is 19.5 Å². The average molecular weight is 603 g/mol. The molecule has 0 bridgehead atoms. The molecular formula is C31H28F2N6O5. The number of hydrogen-bond donors (Lipinski definition) is 3. The number of anilines is 1. The number of rotatable bonds is 10. The first kappa shape index (κ1) is 29.9. The first-order valence-corrected chi connectivity index (χ1v) is 13.3. The van der Waals surface area contributed by atoms with Gasteiger partial charge in [0, 0.05) is 17.3 Å². The minimum absolute atomic E-state index is 0.000442. The van der Waals surface area contributed by atoms with Crippen LogP contribution in [0.1, 0.15) is 28.5 Å². The minimum atomic E-state index is -1.27. The lowest BCUT2D eigenvalue weighted by Crippen LogP contribution is -2.41. The molecule has 3 aromatic rings. The highest BCUT2D eigenvalue weighted by molar-refractivity contribution is 6.08. The maximum Gasteiger partial charge on any atom is 0.322 e. The predicted octanol–water partition coefficient (Wildman–Crippen LogP) is 4.23. The Balaban J connectivity index is 1.52. The Hall–Kier alpha value is -5.59. The van der Waals surface area contributed by atoms with E-state index in [9.17, 15) is 23.2 Å². The third kappa shape index (κ3) is 5.71. The molecule has 0 aliphatic carbocycles. The molecule has 13 heteroatoms. The maximum atomic E-state index is 14.8. The second-order valence-electron chi connectivity index (χ2n) is 10.1. The average Bonchev–Trinajstić information content (AvgIpc) is 3.45. The van der Waals surface area contributed by atoms with Crippen molar-refractivity contribution in [2.45, 2.75) is 25.6 Å². The summed E-state index contributed by atoms with van der Waals surface area (Å²) in [5.74, 6) is -1.84. The summed E-state index contributed by atoms with van der Waals surface area (Å²) in [4.78, 5) is 47.7. The molecule has 2 aliphatic rings. The van der Waals surface area contributed by atoms with E-state index in [-0.39, 0.29) is 36.0 Å². The van der Waals surface area contributed by atoms with E-state index in [2.05, 4.69) is 32.5 Å². The molecular weight excluding hydrogens is 574 g/mol. The number of carbonyl (C=O) groups is 3. The molecule has 5 rings (SSSR count). The van der Waals surface area contributed by atoms with E-state index >= 15 is 0 Å². The van der Waals surface area contributed by atoms with Crippen molar-refractivity contribution < 1.29 is 32.6 Å². The van der Waals surface area contributed by atoms with Gasteiger partial charge in [0.2, 0.25) is 0 Å². The number of methoxy groups -OCH3 is 2. The summed E-state index contributed by atoms with van der Waals surface area (Å²) in [6, 6.07) is 8.01. The van der Waals surface area contributed by atoms with Crippen LogP contribution in [0.4, 0.5) is 19.4 Å². The van der Waals surface area contributed by atoms with E-state index < -0.39 is 40.6 Å². The lowest BCUT2D eigenvalue weighted by atomic mass is 10.0. The monoisotopic (exact) mass is 602 g/mol. The number of halogens is 2. The van der Waals surface area contributed by atoms with Gasteiger partial charge >= 0.3 is 6.03 Å². The molecule has 2 aliphatic heterocycles. The molecule has 3 heterocycles. The summed E-state index contributed by atoms with van der Waals surface area (Å²) in [5, 5.41) is 7.69. The molecule has 2 aromatic carbocycles. The topological polar surface area (TPSA) is 135 Å². The van der Waals surface area contributed by atoms with Crippen molar-refractivity contribution in [1.29, 1.82) is 0 Å². The van der Waals surface area contributed by atoms with Crippen LogP contribution >= 0.6 is 0 Å². The van der Waals surface area contributed by atoms with E-state index in [0.717, 1.165) is 12.1 Å². The van der Waals surface area contributed by atoms with Gasteiger partial charge in [-0.3, -0.25) is 14.9 Å². The van der Waals surface area contributed by atoms with E-state index in [1.807, 2.05) is 0 Å². The molecule has 1 fully saturated rings. The number of hydrogen-bond acceptors (Lipinski definition) is 8. The maximum absolute atomic E-state index is 14.8. The van der Waals surface area contributed by atoms with Gasteiger partial charge in [0.25, 0.3) is 11.8 Å². The molecule has 0 unspecified atom stereocenters. The first-order valence-electron chi connectivity index (χ1n) is 13.3. The normalized spacial score (nSPS) is 17.9. The summed E-state index contributed by atoms with van der Waals surface area (Å²) < 4.78 is 40.3. The number of allylic oxidation sites excluding steroid dienone is 3. The van der Waals surface area contributed by atoms with Gasteiger partial charge in [0.05, 0.1) is 38.6 Å². The molecule has 1 atom stereocenters. The standard InChI is InChI=1S/C31H28F2N6O5/c1-5-18(8-7-13-31(2)29(41)37-30(42)38-31)34-27-25-22(35-26(36-27)24-20(32)9-6-10-21(24)33)16-39(28(25)40)15-17-11-12-19(43-3)14-23(17)44-4/h5-14H,1,15-16H2,2-4H3,(H,34,35,36)(H2,37,38,41,42)/b13-7+,18-8+/t31-/m0/s1. The van der Waals surface area contributed by atoms with Gasteiger partial charge in [-0.2, -0.15) is 0 Å². The van der Waals surface area contributed by atoms with Crippen LogP contribution in [0.5, 0.6) is 11.5 Å². The van der Waals surface area contributed by atoms with Crippen LogP contribution in [0.15, 0.2) is 73.0 Å². The summed E-state index contributed by atoms with van der Waals surface area (Å²) >= 11 is 0. The van der Waals surface area contributed by atoms with E-state index in [4.69, 9.17) is 9.47 Å². The Morgan fingerprint density at radius 2 is 1.86 bits per heavy atom. The molecule has 0 radical (unpaired) electrons. The summed E-state index contributed by atoms with van der Waals surface area (Å²) in [5.41, 5.74) is -0.312. The van der Waals surface area contributed by atoms with Crippen molar-refractivity contribution >= 4 is 23.7 Å². The van der Waals surface area contributed by atoms with E-state index in [1.54, 1.807) is 18.2 Å². The quantitative estimate of drug-likeness (QED) is 0.232. The lowest BCUT2D eigenvalue weighted by molar-refractivity contribution is -0.121. The van der Waals surface area contributed by atoms with Crippen molar-refractivity contribution in [1.82, 2.24) is 25.5 Å². The summed E-state index contributed by atoms with van der Waals surface area (Å²) in [6.45, 7) is 5.48. The number of amides is 4. The van der Waals surface area contributed by atoms with Crippen molar-refractivity contribution in [3.63, 3.8) is 0 Å². The van der Waals surface area contributed by atoms with Crippen molar-refractivity contribution in [3.8, 4) is 22.9 Å². The number of nitrogens with one attached hydrogen (secondary N) is 3. The van der Waals surface area contributed by atoms with Crippen LogP contribution in [0.2, 0.25) is 0 Å². The third-order valence-electron chi connectivity index (χ3n) is 7.13. The Morgan fingerprint density at radius 1 is 1.11 bits per heavy atom. The number of nitrogens with zero attached hydrogens (tertiary/aromatic N) is 3. The van der Waals surface area contributed by atoms with Crippen molar-refractivity contribution in [3.05, 3.63) is 101 Å². The van der Waals surface area contributed by atoms with Crippen LogP contribution in [0.3, 0.4) is 0 Å². The van der Waals surface area contributed by atoms with E-state index in [1.165, 1.54) is 56.4 Å².